The molecule has 0 spiro atoms. The number of rotatable bonds is 5. The molecular formula is C5H10FeNO2S2. The molecule has 0 aliphatic carbocycles. The van der Waals surface area contributed by atoms with Gasteiger partial charge in [0.1, 0.15) is 0 Å². The average molecular weight is 236 g/mol. The van der Waals surface area contributed by atoms with Crippen LogP contribution in [0.4, 0.5) is 0 Å². The van der Waals surface area contributed by atoms with Crippen molar-refractivity contribution >= 4 is 28.3 Å². The fraction of sp³-hybridized carbons (Fsp3) is 0.800. The summed E-state index contributed by atoms with van der Waals surface area (Å²) in [6, 6.07) is 0. The van der Waals surface area contributed by atoms with Crippen molar-refractivity contribution < 1.29 is 24.6 Å². The van der Waals surface area contributed by atoms with Gasteiger partial charge in [0.15, 0.2) is 0 Å². The van der Waals surface area contributed by atoms with Gasteiger partial charge in [0, 0.05) is 13.1 Å². The van der Waals surface area contributed by atoms with Crippen LogP contribution in [0.1, 0.15) is 0 Å². The Hall–Kier alpha value is 0.549. The maximum atomic E-state index is 8.38. The van der Waals surface area contributed by atoms with Crippen molar-refractivity contribution in [3.63, 3.8) is 0 Å². The first-order valence-corrected chi connectivity index (χ1v) is 4.89. The number of hydrogen-bond acceptors (Lipinski definition) is 4. The van der Waals surface area contributed by atoms with Gasteiger partial charge >= 0.3 is 24.9 Å². The van der Waals surface area contributed by atoms with E-state index in [1.54, 1.807) is 4.90 Å². The summed E-state index contributed by atoms with van der Waals surface area (Å²) < 4.78 is 0. The van der Waals surface area contributed by atoms with Crippen LogP contribution in [-0.2, 0) is 14.4 Å². The van der Waals surface area contributed by atoms with Gasteiger partial charge in [-0.3, -0.25) is 0 Å². The molecule has 6 heteroatoms. The summed E-state index contributed by atoms with van der Waals surface area (Å²) in [5.74, 6) is 0. The summed E-state index contributed by atoms with van der Waals surface area (Å²) in [5, 5.41) is 16.8. The van der Waals surface area contributed by atoms with Crippen molar-refractivity contribution in [3.8, 4) is 0 Å². The third-order valence-electron chi connectivity index (χ3n) is 0.869. The molecule has 0 atom stereocenters. The Morgan fingerprint density at radius 3 is 1.73 bits per heavy atom. The van der Waals surface area contributed by atoms with E-state index in [1.807, 2.05) is 0 Å². The van der Waals surface area contributed by atoms with Crippen LogP contribution in [0, 0.1) is 0 Å². The van der Waals surface area contributed by atoms with Crippen LogP contribution in [0.3, 0.4) is 0 Å². The third kappa shape index (κ3) is 10.5. The van der Waals surface area contributed by atoms with Crippen LogP contribution in [0.15, 0.2) is 0 Å². The number of nitrogens with zero attached hydrogens (tertiary/aromatic N) is 1. The van der Waals surface area contributed by atoms with E-state index in [0.717, 1.165) is 0 Å². The molecule has 0 aromatic rings. The Morgan fingerprint density at radius 1 is 1.18 bits per heavy atom. The molecule has 0 unspecified atom stereocenters. The van der Waals surface area contributed by atoms with Crippen molar-refractivity contribution in [2.24, 2.45) is 0 Å². The van der Waals surface area contributed by atoms with Crippen molar-refractivity contribution in [3.05, 3.63) is 0 Å². The standard InChI is InChI=1S/C5H10NO2S.Fe.S/c7-3-1-6(5-9)2-4-8;;/h7-8H,1-4H2;;/q-1;+1;. The molecule has 0 heterocycles. The molecule has 0 rings (SSSR count). The molecule has 3 nitrogen and oxygen atoms in total. The molecule has 11 heavy (non-hydrogen) atoms. The Balaban J connectivity index is 0. The fourth-order valence-electron chi connectivity index (χ4n) is 0.445. The van der Waals surface area contributed by atoms with E-state index in [4.69, 9.17) is 10.2 Å². The summed E-state index contributed by atoms with van der Waals surface area (Å²) >= 11 is 7.29. The van der Waals surface area contributed by atoms with E-state index < -0.39 is 0 Å². The molecular weight excluding hydrogens is 226 g/mol. The zero-order chi connectivity index (χ0) is 9.11. The second-order valence-corrected chi connectivity index (χ2v) is 1.71. The van der Waals surface area contributed by atoms with Crippen molar-refractivity contribution in [2.45, 2.75) is 0 Å². The van der Waals surface area contributed by atoms with Crippen LogP contribution in [-0.4, -0.2) is 46.9 Å². The van der Waals surface area contributed by atoms with Crippen LogP contribution < -0.4 is 0 Å². The molecule has 0 saturated carbocycles. The fourth-order valence-corrected chi connectivity index (χ4v) is 0.627. The van der Waals surface area contributed by atoms with Crippen LogP contribution >= 0.6 is 22.8 Å². The first-order valence-electron chi connectivity index (χ1n) is 2.84. The third-order valence-corrected chi connectivity index (χ3v) is 1.13. The Morgan fingerprint density at radius 2 is 1.55 bits per heavy atom. The summed E-state index contributed by atoms with van der Waals surface area (Å²) in [5.41, 5.74) is 2.40. The summed E-state index contributed by atoms with van der Waals surface area (Å²) in [6.45, 7) is 0.987. The van der Waals surface area contributed by atoms with E-state index in [2.05, 4.69) is 42.6 Å². The van der Waals surface area contributed by atoms with E-state index in [0.29, 0.717) is 13.1 Å². The van der Waals surface area contributed by atoms with E-state index in [-0.39, 0.29) is 13.2 Å². The molecule has 0 bridgehead atoms. The zero-order valence-electron chi connectivity index (χ0n) is 5.84. The molecule has 0 aromatic heterocycles. The first kappa shape index (κ1) is 14.1. The van der Waals surface area contributed by atoms with Crippen molar-refractivity contribution in [2.75, 3.05) is 26.3 Å². The number of thiocarbonyl (C=S) groups is 1. The van der Waals surface area contributed by atoms with Gasteiger partial charge in [-0.15, -0.1) is 0 Å². The van der Waals surface area contributed by atoms with Crippen molar-refractivity contribution in [1.82, 2.24) is 4.90 Å². The Bertz CT molecular complexity index is 90.6. The minimum absolute atomic E-state index is 0.0453. The molecule has 0 aliphatic rings. The molecule has 0 aromatic carbocycles. The molecule has 0 saturated heterocycles. The maximum absolute atomic E-state index is 8.38. The monoisotopic (exact) mass is 236 g/mol. The second kappa shape index (κ2) is 13.2. The summed E-state index contributed by atoms with van der Waals surface area (Å²) in [7, 11) is 3.83. The quantitative estimate of drug-likeness (QED) is 0.298. The molecule has 67 valence electrons. The van der Waals surface area contributed by atoms with Crippen molar-refractivity contribution in [1.29, 1.82) is 0 Å². The van der Waals surface area contributed by atoms with Crippen LogP contribution in [0.25, 0.3) is 0 Å². The Labute approximate surface area is 84.1 Å². The molecule has 0 fully saturated rings. The van der Waals surface area contributed by atoms with Gasteiger partial charge in [-0.2, -0.15) is 0 Å². The van der Waals surface area contributed by atoms with Crippen LogP contribution in [0.5, 0.6) is 0 Å². The van der Waals surface area contributed by atoms with Gasteiger partial charge < -0.3 is 32.8 Å². The number of aliphatic hydroxyl groups excluding tert-OH is 2. The van der Waals surface area contributed by atoms with Gasteiger partial charge in [0.2, 0.25) is 0 Å². The molecule has 0 amide bonds. The zero-order valence-corrected chi connectivity index (χ0v) is 8.58. The predicted molar refractivity (Wildman–Crippen MR) is 45.9 cm³/mol. The first-order chi connectivity index (χ1) is 5.35. The van der Waals surface area contributed by atoms with E-state index in [1.165, 1.54) is 0 Å². The van der Waals surface area contributed by atoms with Crippen LogP contribution in [0.2, 0.25) is 0 Å². The SMILES string of the molecule is OCCN([C-]=S)CCO.[S]=[Fe+]. The van der Waals surface area contributed by atoms with E-state index >= 15 is 0 Å². The summed E-state index contributed by atoms with van der Waals surface area (Å²) in [6.07, 6.45) is 0. The van der Waals surface area contributed by atoms with Gasteiger partial charge in [0.05, 0.1) is 13.2 Å². The second-order valence-electron chi connectivity index (χ2n) is 1.53. The molecule has 2 N–H and O–H groups in total. The normalized spacial score (nSPS) is 7.82. The molecule has 0 aliphatic heterocycles. The number of aliphatic hydroxyl groups is 2. The van der Waals surface area contributed by atoms with Gasteiger partial charge in [-0.25, -0.2) is 0 Å². The predicted octanol–water partition coefficient (Wildman–Crippen LogP) is -0.247. The topological polar surface area (TPSA) is 43.7 Å². The summed E-state index contributed by atoms with van der Waals surface area (Å²) in [4.78, 5) is 1.55. The van der Waals surface area contributed by atoms with Gasteiger partial charge in [-0.1, -0.05) is 0 Å². The average Bonchev–Trinajstić information content (AvgIpc) is 2.08. The number of hydrogen-bond donors (Lipinski definition) is 2. The van der Waals surface area contributed by atoms with Gasteiger partial charge in [-0.05, 0) is 0 Å². The minimum atomic E-state index is 0.0453. The Kier molecular flexibility index (Phi) is 16.9. The molecule has 0 radical (unpaired) electrons. The van der Waals surface area contributed by atoms with E-state index in [9.17, 15) is 0 Å². The van der Waals surface area contributed by atoms with Gasteiger partial charge in [0.25, 0.3) is 0 Å².